The molecule has 0 fully saturated rings. The lowest BCUT2D eigenvalue weighted by molar-refractivity contribution is -0.209. The molecule has 0 spiro atoms. The van der Waals surface area contributed by atoms with Crippen LogP contribution in [0.25, 0.3) is 0 Å². The number of rotatable bonds is 7. The predicted octanol–water partition coefficient (Wildman–Crippen LogP) is 8.01. The Hall–Kier alpha value is -6.33. The highest BCUT2D eigenvalue weighted by Gasteiger charge is 2.51. The first-order valence-electron chi connectivity index (χ1n) is 16.1. The Balaban J connectivity index is 1.52. The summed E-state index contributed by atoms with van der Waals surface area (Å²) in [7, 11) is 3.07. The topological polar surface area (TPSA) is 88.8 Å². The second kappa shape index (κ2) is 14.5. The van der Waals surface area contributed by atoms with Crippen molar-refractivity contribution < 1.29 is 31.8 Å². The number of benzene rings is 4. The van der Waals surface area contributed by atoms with Gasteiger partial charge in [-0.05, 0) is 78.2 Å². The molecule has 2 heterocycles. The van der Waals surface area contributed by atoms with E-state index in [0.717, 1.165) is 6.07 Å². The molecule has 0 unspecified atom stereocenters. The van der Waals surface area contributed by atoms with Crippen LogP contribution in [0.3, 0.4) is 0 Å². The highest BCUT2D eigenvalue weighted by Crippen LogP contribution is 2.44. The maximum Gasteiger partial charge on any atom is 0.425 e. The van der Waals surface area contributed by atoms with Crippen LogP contribution in [-0.4, -0.2) is 37.5 Å². The number of halogens is 4. The number of amidine groups is 1. The minimum Gasteiger partial charge on any atom is -0.497 e. The molecule has 2 atom stereocenters. The average Bonchev–Trinajstić information content (AvgIpc) is 3.16. The van der Waals surface area contributed by atoms with Crippen LogP contribution in [0.2, 0.25) is 0 Å². The zero-order chi connectivity index (χ0) is 36.9. The van der Waals surface area contributed by atoms with Gasteiger partial charge in [-0.1, -0.05) is 66.4 Å². The second-order valence-electron chi connectivity index (χ2n) is 12.2. The molecule has 0 bridgehead atoms. The van der Waals surface area contributed by atoms with Crippen LogP contribution < -0.4 is 14.8 Å². The first-order valence-corrected chi connectivity index (χ1v) is 16.1. The summed E-state index contributed by atoms with van der Waals surface area (Å²) in [6.07, 6.45) is -6.43. The van der Waals surface area contributed by atoms with Crippen molar-refractivity contribution in [2.75, 3.05) is 14.2 Å². The monoisotopic (exact) mass is 704 g/mol. The zero-order valence-electron chi connectivity index (χ0n) is 28.3. The molecule has 52 heavy (non-hydrogen) atoms. The number of nitriles is 1. The lowest BCUT2D eigenvalue weighted by atomic mass is 9.77. The summed E-state index contributed by atoms with van der Waals surface area (Å²) >= 11 is 0. The maximum absolute atomic E-state index is 15.7. The summed E-state index contributed by atoms with van der Waals surface area (Å²) in [5, 5.41) is 12.3. The van der Waals surface area contributed by atoms with Crippen molar-refractivity contribution >= 4 is 6.02 Å². The van der Waals surface area contributed by atoms with Crippen LogP contribution in [-0.2, 0) is 15.8 Å². The van der Waals surface area contributed by atoms with Gasteiger partial charge < -0.3 is 19.5 Å². The molecule has 0 saturated carbocycles. The first-order chi connectivity index (χ1) is 25.0. The molecule has 5 aromatic rings. The van der Waals surface area contributed by atoms with Crippen molar-refractivity contribution in [1.82, 2.24) is 10.3 Å². The number of nitrogens with one attached hydrogen (secondary N) is 1. The van der Waals surface area contributed by atoms with Gasteiger partial charge in [-0.15, -0.1) is 0 Å². The Morgan fingerprint density at radius 1 is 0.808 bits per heavy atom. The van der Waals surface area contributed by atoms with Crippen LogP contribution in [0.1, 0.15) is 52.4 Å². The Bertz CT molecular complexity index is 2120. The SMILES string of the molecule is COc1ccc(C(NC2=N[C@](C)(c3cc(C#Cc4ccc(C#N)nc4)ccc3F)C[C@@H](C(F)(F)F)O2)(c2ccccc2)c2ccc(OC)cc2)cc1. The fourth-order valence-electron chi connectivity index (χ4n) is 6.18. The molecule has 0 saturated heterocycles. The molecular weight excluding hydrogens is 672 g/mol. The largest absolute Gasteiger partial charge is 0.497 e. The molecule has 1 N–H and O–H groups in total. The van der Waals surface area contributed by atoms with Gasteiger partial charge >= 0.3 is 6.18 Å². The van der Waals surface area contributed by atoms with E-state index in [-0.39, 0.29) is 11.3 Å². The van der Waals surface area contributed by atoms with Crippen LogP contribution in [0, 0.1) is 29.0 Å². The third kappa shape index (κ3) is 7.26. The second-order valence-corrected chi connectivity index (χ2v) is 12.2. The van der Waals surface area contributed by atoms with E-state index >= 15 is 4.39 Å². The number of aromatic nitrogens is 1. The van der Waals surface area contributed by atoms with Crippen molar-refractivity contribution in [2.24, 2.45) is 4.99 Å². The number of hydrogen-bond acceptors (Lipinski definition) is 7. The van der Waals surface area contributed by atoms with Crippen molar-refractivity contribution in [2.45, 2.75) is 36.7 Å². The number of alkyl halides is 3. The Labute approximate surface area is 298 Å². The smallest absolute Gasteiger partial charge is 0.425 e. The minimum absolute atomic E-state index is 0.0895. The van der Waals surface area contributed by atoms with Crippen molar-refractivity contribution in [3.05, 3.63) is 160 Å². The zero-order valence-corrected chi connectivity index (χ0v) is 28.3. The first kappa shape index (κ1) is 35.5. The summed E-state index contributed by atoms with van der Waals surface area (Å²) in [5.41, 5.74) is -0.218. The van der Waals surface area contributed by atoms with Gasteiger partial charge in [-0.3, -0.25) is 0 Å². The number of hydrogen-bond donors (Lipinski definition) is 1. The highest BCUT2D eigenvalue weighted by molar-refractivity contribution is 5.79. The van der Waals surface area contributed by atoms with Crippen molar-refractivity contribution in [1.29, 1.82) is 5.26 Å². The van der Waals surface area contributed by atoms with Gasteiger partial charge in [0.15, 0.2) is 6.10 Å². The van der Waals surface area contributed by atoms with Gasteiger partial charge in [-0.25, -0.2) is 14.4 Å². The van der Waals surface area contributed by atoms with Crippen molar-refractivity contribution in [3.8, 4) is 29.4 Å². The van der Waals surface area contributed by atoms with E-state index in [1.807, 2.05) is 36.4 Å². The Kier molecular flexibility index (Phi) is 9.89. The van der Waals surface area contributed by atoms with Gasteiger partial charge in [0.1, 0.15) is 34.6 Å². The van der Waals surface area contributed by atoms with E-state index in [1.54, 1.807) is 54.6 Å². The van der Waals surface area contributed by atoms with Gasteiger partial charge in [-0.2, -0.15) is 18.4 Å². The quantitative estimate of drug-likeness (QED) is 0.105. The van der Waals surface area contributed by atoms with Gasteiger partial charge in [0.05, 0.1) is 19.8 Å². The molecule has 0 aliphatic carbocycles. The molecule has 0 amide bonds. The molecule has 7 nitrogen and oxygen atoms in total. The van der Waals surface area contributed by atoms with Crippen LogP contribution in [0.5, 0.6) is 11.5 Å². The number of methoxy groups -OCH3 is 2. The molecule has 1 aromatic heterocycles. The molecular formula is C41H32F4N4O3. The fourth-order valence-corrected chi connectivity index (χ4v) is 6.18. The van der Waals surface area contributed by atoms with E-state index in [0.29, 0.717) is 39.3 Å². The maximum atomic E-state index is 15.7. The standard InChI is InChI=1S/C41H32F4N4O3/c1-39(35-23-27(12-22-36(35)42)9-10-28-11-17-32(25-46)47-26-28)24-37(41(43,44)45)52-38(48-39)49-40(29-7-5-4-6-8-29,30-13-18-33(50-2)19-14-30)31-15-20-34(51-3)21-16-31/h4-8,11-23,26,37H,24H2,1-3H3,(H,48,49)/t37-,39-/m0/s1. The van der Waals surface area contributed by atoms with E-state index in [4.69, 9.17) is 24.5 Å². The number of ether oxygens (including phenoxy) is 3. The highest BCUT2D eigenvalue weighted by atomic mass is 19.4. The summed E-state index contributed by atoms with van der Waals surface area (Å²) < 4.78 is 76.3. The number of pyridine rings is 1. The third-order valence-electron chi connectivity index (χ3n) is 8.87. The predicted molar refractivity (Wildman–Crippen MR) is 187 cm³/mol. The van der Waals surface area contributed by atoms with Crippen LogP contribution in [0.4, 0.5) is 17.6 Å². The lowest BCUT2D eigenvalue weighted by Gasteiger charge is -2.42. The average molecular weight is 705 g/mol. The van der Waals surface area contributed by atoms with Crippen LogP contribution in [0.15, 0.2) is 120 Å². The molecule has 11 heteroatoms. The van der Waals surface area contributed by atoms with Crippen molar-refractivity contribution in [3.63, 3.8) is 0 Å². The molecule has 6 rings (SSSR count). The fraction of sp³-hybridized carbons (Fsp3) is 0.195. The number of nitrogens with zero attached hydrogens (tertiary/aromatic N) is 3. The Morgan fingerprint density at radius 2 is 1.38 bits per heavy atom. The molecule has 0 radical (unpaired) electrons. The molecule has 262 valence electrons. The van der Waals surface area contributed by atoms with Crippen LogP contribution >= 0.6 is 0 Å². The van der Waals surface area contributed by atoms with E-state index in [1.165, 1.54) is 45.5 Å². The Morgan fingerprint density at radius 3 is 1.92 bits per heavy atom. The summed E-state index contributed by atoms with van der Waals surface area (Å²) in [5.74, 6) is 6.22. The lowest BCUT2D eigenvalue weighted by Crippen LogP contribution is -2.54. The van der Waals surface area contributed by atoms with Gasteiger partial charge in [0.2, 0.25) is 0 Å². The minimum atomic E-state index is -4.82. The van der Waals surface area contributed by atoms with E-state index < -0.39 is 41.6 Å². The van der Waals surface area contributed by atoms with E-state index in [2.05, 4.69) is 22.1 Å². The summed E-state index contributed by atoms with van der Waals surface area (Å²) in [4.78, 5) is 8.72. The van der Waals surface area contributed by atoms with E-state index in [9.17, 15) is 13.2 Å². The normalized spacial score (nSPS) is 17.0. The van der Waals surface area contributed by atoms with Gasteiger partial charge in [0.25, 0.3) is 6.02 Å². The molecule has 1 aliphatic rings. The third-order valence-corrected chi connectivity index (χ3v) is 8.87. The summed E-state index contributed by atoms with van der Waals surface area (Å²) in [6, 6.07) is 32.0. The molecule has 4 aromatic carbocycles. The van der Waals surface area contributed by atoms with Gasteiger partial charge in [0, 0.05) is 29.3 Å². The molecule has 1 aliphatic heterocycles. The summed E-state index contributed by atoms with van der Waals surface area (Å²) in [6.45, 7) is 1.45. The number of aliphatic imine (C=N–C) groups is 1.